The number of nitrogens with one attached hydrogen (secondary N) is 1. The zero-order valence-corrected chi connectivity index (χ0v) is 6.87. The van der Waals surface area contributed by atoms with Crippen LogP contribution in [-0.2, 0) is 4.79 Å². The predicted octanol–water partition coefficient (Wildman–Crippen LogP) is 0.855. The van der Waals surface area contributed by atoms with E-state index in [0.29, 0.717) is 12.3 Å². The van der Waals surface area contributed by atoms with Crippen LogP contribution in [0, 0.1) is 5.92 Å². The third-order valence-corrected chi connectivity index (χ3v) is 1.49. The van der Waals surface area contributed by atoms with Crippen molar-refractivity contribution in [2.75, 3.05) is 0 Å². The molecule has 0 bridgehead atoms. The Kier molecular flexibility index (Phi) is 4.81. The highest BCUT2D eigenvalue weighted by atomic mass is 16.5. The van der Waals surface area contributed by atoms with Crippen LogP contribution in [0.25, 0.3) is 0 Å². The van der Waals surface area contributed by atoms with Gasteiger partial charge < -0.3 is 10.3 Å². The van der Waals surface area contributed by atoms with E-state index in [4.69, 9.17) is 10.3 Å². The summed E-state index contributed by atoms with van der Waals surface area (Å²) < 4.78 is 0. The number of aliphatic carboxylic acids is 1. The molecule has 0 aromatic heterocycles. The highest BCUT2D eigenvalue weighted by Crippen LogP contribution is 2.06. The molecule has 0 aliphatic carbocycles. The smallest absolute Gasteiger partial charge is 0.323 e. The molecule has 0 saturated carbocycles. The number of hydroxylamine groups is 1. The van der Waals surface area contributed by atoms with Gasteiger partial charge in [-0.05, 0) is 18.8 Å². The molecule has 4 heteroatoms. The van der Waals surface area contributed by atoms with Crippen molar-refractivity contribution in [1.29, 1.82) is 0 Å². The molecule has 0 aromatic carbocycles. The van der Waals surface area contributed by atoms with Gasteiger partial charge in [-0.25, -0.2) is 0 Å². The van der Waals surface area contributed by atoms with Crippen LogP contribution < -0.4 is 5.48 Å². The van der Waals surface area contributed by atoms with Gasteiger partial charge in [0.05, 0.1) is 0 Å². The first-order chi connectivity index (χ1) is 5.07. The molecule has 0 spiro atoms. The molecule has 0 heterocycles. The monoisotopic (exact) mass is 161 g/mol. The third-order valence-electron chi connectivity index (χ3n) is 1.49. The van der Waals surface area contributed by atoms with Gasteiger partial charge in [0.25, 0.3) is 0 Å². The zero-order chi connectivity index (χ0) is 8.85. The van der Waals surface area contributed by atoms with Crippen LogP contribution >= 0.6 is 0 Å². The summed E-state index contributed by atoms with van der Waals surface area (Å²) in [6.07, 6.45) is 1.26. The average Bonchev–Trinajstić information content (AvgIpc) is 1.87. The minimum atomic E-state index is -1.01. The second-order valence-electron chi connectivity index (χ2n) is 2.99. The molecule has 0 aromatic rings. The van der Waals surface area contributed by atoms with Crippen LogP contribution in [0.5, 0.6) is 0 Å². The fourth-order valence-corrected chi connectivity index (χ4v) is 0.743. The van der Waals surface area contributed by atoms with Crippen molar-refractivity contribution in [3.8, 4) is 0 Å². The summed E-state index contributed by atoms with van der Waals surface area (Å²) in [6.45, 7) is 4.02. The Balaban J connectivity index is 3.61. The first kappa shape index (κ1) is 10.4. The topological polar surface area (TPSA) is 69.6 Å². The summed E-state index contributed by atoms with van der Waals surface area (Å²) in [5, 5.41) is 16.8. The van der Waals surface area contributed by atoms with E-state index in [1.54, 1.807) is 5.48 Å². The second kappa shape index (κ2) is 5.09. The van der Waals surface area contributed by atoms with Crippen molar-refractivity contribution < 1.29 is 15.1 Å². The van der Waals surface area contributed by atoms with Crippen molar-refractivity contribution in [3.05, 3.63) is 0 Å². The fourth-order valence-electron chi connectivity index (χ4n) is 0.743. The van der Waals surface area contributed by atoms with Crippen LogP contribution in [0.3, 0.4) is 0 Å². The van der Waals surface area contributed by atoms with Crippen LogP contribution in [-0.4, -0.2) is 22.3 Å². The van der Waals surface area contributed by atoms with E-state index in [0.717, 1.165) is 6.42 Å². The van der Waals surface area contributed by atoms with E-state index in [2.05, 4.69) is 0 Å². The number of hydrogen-bond acceptors (Lipinski definition) is 3. The second-order valence-corrected chi connectivity index (χ2v) is 2.99. The lowest BCUT2D eigenvalue weighted by molar-refractivity contribution is -0.142. The summed E-state index contributed by atoms with van der Waals surface area (Å²) in [7, 11) is 0. The molecular formula is C7H15NO3. The molecule has 0 unspecified atom stereocenters. The minimum Gasteiger partial charge on any atom is -0.480 e. The van der Waals surface area contributed by atoms with Crippen LogP contribution in [0.1, 0.15) is 26.7 Å². The highest BCUT2D eigenvalue weighted by molar-refractivity contribution is 5.73. The maximum absolute atomic E-state index is 10.3. The lowest BCUT2D eigenvalue weighted by Gasteiger charge is -2.10. The maximum Gasteiger partial charge on any atom is 0.323 e. The van der Waals surface area contributed by atoms with Crippen LogP contribution in [0.15, 0.2) is 0 Å². The van der Waals surface area contributed by atoms with Gasteiger partial charge in [0, 0.05) is 0 Å². The molecule has 1 atom stereocenters. The third kappa shape index (κ3) is 4.75. The highest BCUT2D eigenvalue weighted by Gasteiger charge is 2.15. The molecular weight excluding hydrogens is 146 g/mol. The fraction of sp³-hybridized carbons (Fsp3) is 0.857. The maximum atomic E-state index is 10.3. The van der Waals surface area contributed by atoms with Gasteiger partial charge in [0.2, 0.25) is 0 Å². The van der Waals surface area contributed by atoms with Gasteiger partial charge in [-0.15, -0.1) is 0 Å². The van der Waals surface area contributed by atoms with Crippen molar-refractivity contribution >= 4 is 5.97 Å². The number of rotatable bonds is 5. The van der Waals surface area contributed by atoms with Crippen LogP contribution in [0.4, 0.5) is 0 Å². The molecule has 11 heavy (non-hydrogen) atoms. The standard InChI is InChI=1S/C7H15NO3/c1-5(2)3-4-6(8-11)7(9)10/h5-6,8,11H,3-4H2,1-2H3,(H,9,10)/t6-/m0/s1. The zero-order valence-electron chi connectivity index (χ0n) is 6.87. The molecule has 3 N–H and O–H groups in total. The van der Waals surface area contributed by atoms with Crippen molar-refractivity contribution in [3.63, 3.8) is 0 Å². The normalized spacial score (nSPS) is 13.5. The van der Waals surface area contributed by atoms with Gasteiger partial charge in [-0.2, -0.15) is 5.48 Å². The molecule has 0 fully saturated rings. The predicted molar refractivity (Wildman–Crippen MR) is 40.4 cm³/mol. The Morgan fingerprint density at radius 3 is 2.27 bits per heavy atom. The molecule has 0 amide bonds. The van der Waals surface area contributed by atoms with Gasteiger partial charge in [-0.1, -0.05) is 13.8 Å². The molecule has 66 valence electrons. The summed E-state index contributed by atoms with van der Waals surface area (Å²) in [4.78, 5) is 10.3. The Bertz CT molecular complexity index is 125. The minimum absolute atomic E-state index is 0.462. The van der Waals surface area contributed by atoms with E-state index in [9.17, 15) is 4.79 Å². The summed E-state index contributed by atoms with van der Waals surface area (Å²) >= 11 is 0. The molecule has 0 aliphatic rings. The summed E-state index contributed by atoms with van der Waals surface area (Å²) in [6, 6.07) is -0.822. The average molecular weight is 161 g/mol. The SMILES string of the molecule is CC(C)CC[C@H](NO)C(=O)O. The molecule has 0 rings (SSSR count). The largest absolute Gasteiger partial charge is 0.480 e. The number of carboxylic acids is 1. The first-order valence-electron chi connectivity index (χ1n) is 3.70. The van der Waals surface area contributed by atoms with E-state index in [1.807, 2.05) is 13.8 Å². The first-order valence-corrected chi connectivity index (χ1v) is 3.70. The van der Waals surface area contributed by atoms with Crippen LogP contribution in [0.2, 0.25) is 0 Å². The van der Waals surface area contributed by atoms with Gasteiger partial charge in [0.1, 0.15) is 6.04 Å². The summed E-state index contributed by atoms with van der Waals surface area (Å²) in [5.41, 5.74) is 1.76. The molecule has 0 aliphatic heterocycles. The van der Waals surface area contributed by atoms with Crippen molar-refractivity contribution in [2.24, 2.45) is 5.92 Å². The van der Waals surface area contributed by atoms with E-state index in [1.165, 1.54) is 0 Å². The molecule has 0 radical (unpaired) electrons. The summed E-state index contributed by atoms with van der Waals surface area (Å²) in [5.74, 6) is -0.543. The van der Waals surface area contributed by atoms with E-state index >= 15 is 0 Å². The lowest BCUT2D eigenvalue weighted by atomic mass is 10.0. The number of hydrogen-bond donors (Lipinski definition) is 3. The Morgan fingerprint density at radius 1 is 1.45 bits per heavy atom. The molecule has 0 saturated heterocycles. The van der Waals surface area contributed by atoms with E-state index < -0.39 is 12.0 Å². The molecule has 4 nitrogen and oxygen atoms in total. The quantitative estimate of drug-likeness (QED) is 0.523. The lowest BCUT2D eigenvalue weighted by Crippen LogP contribution is -2.34. The van der Waals surface area contributed by atoms with Gasteiger partial charge in [0.15, 0.2) is 0 Å². The Hall–Kier alpha value is -0.610. The van der Waals surface area contributed by atoms with E-state index in [-0.39, 0.29) is 0 Å². The number of carboxylic acid groups (broad SMARTS) is 1. The number of carbonyl (C=O) groups is 1. The Labute approximate surface area is 66.2 Å². The van der Waals surface area contributed by atoms with Crippen molar-refractivity contribution in [2.45, 2.75) is 32.7 Å². The van der Waals surface area contributed by atoms with Gasteiger partial charge >= 0.3 is 5.97 Å². The van der Waals surface area contributed by atoms with Crippen molar-refractivity contribution in [1.82, 2.24) is 5.48 Å². The van der Waals surface area contributed by atoms with Gasteiger partial charge in [-0.3, -0.25) is 4.79 Å². The Morgan fingerprint density at radius 2 is 2.00 bits per heavy atom.